The van der Waals surface area contributed by atoms with E-state index < -0.39 is 85.7 Å². The first-order chi connectivity index (χ1) is 27.6. The number of amides is 5. The molecule has 0 bridgehead atoms. The van der Waals surface area contributed by atoms with Crippen LogP contribution >= 0.6 is 0 Å². The molecule has 3 unspecified atom stereocenters. The predicted octanol–water partition coefficient (Wildman–Crippen LogP) is 3.73. The van der Waals surface area contributed by atoms with Crippen molar-refractivity contribution in [2.45, 2.75) is 153 Å². The maximum Gasteiger partial charge on any atom is 0.410 e. The summed E-state index contributed by atoms with van der Waals surface area (Å²) in [7, 11) is -3.62. The van der Waals surface area contributed by atoms with Gasteiger partial charge in [-0.1, -0.05) is 83.2 Å². The predicted molar refractivity (Wildman–Crippen MR) is 224 cm³/mol. The SMILES string of the molecule is C=CCNC(=O)C(=O)C(CC1CC1)NC(O)C1C[C@@H](OC(=O)N2CCc3ccccc3C2)CN1C(=O)[C@@H](NC(=O)NC1(CS(=O)(=O)C(C)(C)C)CCCCC1)C(C)(C)C. The molecule has 5 N–H and O–H groups in total. The van der Waals surface area contributed by atoms with Gasteiger partial charge in [-0.25, -0.2) is 18.0 Å². The normalized spacial score (nSPS) is 22.3. The molecule has 16 heteroatoms. The highest BCUT2D eigenvalue weighted by atomic mass is 32.2. The van der Waals surface area contributed by atoms with Crippen molar-refractivity contribution in [3.05, 3.63) is 48.0 Å². The monoisotopic (exact) mass is 842 g/mol. The zero-order valence-corrected chi connectivity index (χ0v) is 36.5. The van der Waals surface area contributed by atoms with Crippen molar-refractivity contribution in [2.75, 3.05) is 25.4 Å². The quantitative estimate of drug-likeness (QED) is 0.0984. The zero-order chi connectivity index (χ0) is 43.3. The molecule has 0 spiro atoms. The number of aliphatic hydroxyl groups is 1. The maximum atomic E-state index is 14.8. The van der Waals surface area contributed by atoms with E-state index in [1.165, 1.54) is 11.0 Å². The third-order valence-corrected chi connectivity index (χ3v) is 15.0. The summed E-state index contributed by atoms with van der Waals surface area (Å²) in [6.45, 7) is 14.6. The van der Waals surface area contributed by atoms with Crippen LogP contribution in [0.5, 0.6) is 0 Å². The Balaban J connectivity index is 1.38. The van der Waals surface area contributed by atoms with E-state index in [0.717, 1.165) is 43.2 Å². The van der Waals surface area contributed by atoms with Crippen LogP contribution in [-0.2, 0) is 41.9 Å². The average molecular weight is 843 g/mol. The number of likely N-dealkylation sites (tertiary alicyclic amines) is 1. The van der Waals surface area contributed by atoms with Crippen LogP contribution in [0.15, 0.2) is 36.9 Å². The van der Waals surface area contributed by atoms with E-state index in [9.17, 15) is 37.5 Å². The van der Waals surface area contributed by atoms with E-state index in [2.05, 4.69) is 27.8 Å². The first-order valence-corrected chi connectivity index (χ1v) is 22.8. The van der Waals surface area contributed by atoms with Crippen LogP contribution < -0.4 is 21.3 Å². The second kappa shape index (κ2) is 18.7. The summed E-state index contributed by atoms with van der Waals surface area (Å²) in [5.74, 6) is -2.17. The number of benzene rings is 1. The molecular weight excluding hydrogens is 777 g/mol. The number of rotatable bonds is 15. The summed E-state index contributed by atoms with van der Waals surface area (Å²) in [4.78, 5) is 71.6. The molecule has 1 aromatic rings. The molecule has 1 saturated heterocycles. The third kappa shape index (κ3) is 11.8. The molecule has 3 fully saturated rings. The Bertz CT molecular complexity index is 1830. The molecule has 4 aliphatic rings. The molecule has 15 nitrogen and oxygen atoms in total. The smallest absolute Gasteiger partial charge is 0.410 e. The zero-order valence-electron chi connectivity index (χ0n) is 35.7. The third-order valence-electron chi connectivity index (χ3n) is 12.2. The standard InChI is InChI=1S/C43H66N6O9S/c1-8-21-44-37(52)34(50)32(23-28-16-17-28)45-36(51)33-24-31(58-40(55)48-22-18-29-14-10-11-15-30(29)25-48)26-49(33)38(53)35(41(2,3)4)46-39(54)47-43(19-12-9-13-20-43)27-59(56,57)42(5,6)7/h8,10-11,14-15,28,31-33,35-36,45,51H,1,9,12-13,16-27H2,2-7H3,(H,44,52)(H2,46,47,54)/t31-,32?,33?,35-,36?/m1/s1. The Labute approximate surface area is 349 Å². The highest BCUT2D eigenvalue weighted by molar-refractivity contribution is 7.92. The highest BCUT2D eigenvalue weighted by Gasteiger charge is 2.48. The molecule has 0 aromatic heterocycles. The van der Waals surface area contributed by atoms with Crippen LogP contribution in [0.2, 0.25) is 0 Å². The Kier molecular flexibility index (Phi) is 14.6. The number of hydrogen-bond acceptors (Lipinski definition) is 10. The van der Waals surface area contributed by atoms with Gasteiger partial charge in [0.25, 0.3) is 5.91 Å². The molecule has 5 rings (SSSR count). The number of nitrogens with one attached hydrogen (secondary N) is 4. The molecule has 1 aromatic carbocycles. The van der Waals surface area contributed by atoms with Gasteiger partial charge in [-0.3, -0.25) is 19.7 Å². The highest BCUT2D eigenvalue weighted by Crippen LogP contribution is 2.36. The second-order valence-electron chi connectivity index (χ2n) is 19.1. The van der Waals surface area contributed by atoms with Crippen molar-refractivity contribution >= 4 is 39.6 Å². The Morgan fingerprint density at radius 2 is 1.68 bits per heavy atom. The molecule has 2 saturated carbocycles. The number of nitrogens with zero attached hydrogens (tertiary/aromatic N) is 2. The van der Waals surface area contributed by atoms with Gasteiger partial charge in [0, 0.05) is 26.1 Å². The summed E-state index contributed by atoms with van der Waals surface area (Å²) in [6.07, 6.45) is 4.62. The fourth-order valence-electron chi connectivity index (χ4n) is 8.33. The lowest BCUT2D eigenvalue weighted by atomic mass is 9.83. The Morgan fingerprint density at radius 3 is 2.29 bits per heavy atom. The Hall–Kier alpha value is -4.02. The summed E-state index contributed by atoms with van der Waals surface area (Å²) in [6, 6.07) is 3.95. The molecule has 5 amide bonds. The molecule has 5 atom stereocenters. The molecule has 2 aliphatic carbocycles. The van der Waals surface area contributed by atoms with Gasteiger partial charge in [0.15, 0.2) is 9.84 Å². The number of sulfone groups is 1. The lowest BCUT2D eigenvalue weighted by Crippen LogP contribution is -2.64. The van der Waals surface area contributed by atoms with Gasteiger partial charge in [0.2, 0.25) is 11.7 Å². The van der Waals surface area contributed by atoms with Gasteiger partial charge in [-0.2, -0.15) is 0 Å². The number of carbonyl (C=O) groups is 5. The van der Waals surface area contributed by atoms with Gasteiger partial charge in [0.1, 0.15) is 18.4 Å². The number of ether oxygens (including phenoxy) is 1. The molecule has 328 valence electrons. The van der Waals surface area contributed by atoms with Crippen LogP contribution in [0.1, 0.15) is 110 Å². The fraction of sp³-hybridized carbons (Fsp3) is 0.698. The number of ketones is 1. The number of hydrogen-bond donors (Lipinski definition) is 5. The van der Waals surface area contributed by atoms with Crippen LogP contribution in [0.3, 0.4) is 0 Å². The average Bonchev–Trinajstić information content (AvgIpc) is 3.89. The molecule has 2 aliphatic heterocycles. The van der Waals surface area contributed by atoms with Crippen LogP contribution in [0.4, 0.5) is 9.59 Å². The topological polar surface area (TPSA) is 204 Å². The number of urea groups is 1. The number of aliphatic hydroxyl groups excluding tert-OH is 1. The van der Waals surface area contributed by atoms with Crippen LogP contribution in [0, 0.1) is 11.3 Å². The molecule has 59 heavy (non-hydrogen) atoms. The minimum absolute atomic E-state index is 0.0138. The lowest BCUT2D eigenvalue weighted by Gasteiger charge is -2.41. The van der Waals surface area contributed by atoms with E-state index >= 15 is 0 Å². The number of fused-ring (bicyclic) bond motifs is 1. The van der Waals surface area contributed by atoms with Crippen molar-refractivity contribution in [3.8, 4) is 0 Å². The van der Waals surface area contributed by atoms with E-state index in [1.54, 1.807) is 46.4 Å². The molecular formula is C43H66N6O9S. The van der Waals surface area contributed by atoms with Crippen molar-refractivity contribution in [2.24, 2.45) is 11.3 Å². The largest absolute Gasteiger partial charge is 0.444 e. The summed E-state index contributed by atoms with van der Waals surface area (Å²) in [5, 5.41) is 23.2. The summed E-state index contributed by atoms with van der Waals surface area (Å²) in [5.41, 5.74) is 0.277. The van der Waals surface area contributed by atoms with Crippen LogP contribution in [-0.4, -0.2) is 119 Å². The van der Waals surface area contributed by atoms with Gasteiger partial charge in [-0.05, 0) is 68.9 Å². The van der Waals surface area contributed by atoms with Crippen molar-refractivity contribution < 1.29 is 42.2 Å². The fourth-order valence-corrected chi connectivity index (χ4v) is 9.86. The van der Waals surface area contributed by atoms with E-state index in [1.807, 2.05) is 24.3 Å². The van der Waals surface area contributed by atoms with Gasteiger partial charge < -0.3 is 35.6 Å². The van der Waals surface area contributed by atoms with Gasteiger partial charge in [-0.15, -0.1) is 6.58 Å². The Morgan fingerprint density at radius 1 is 1.02 bits per heavy atom. The van der Waals surface area contributed by atoms with E-state index in [0.29, 0.717) is 38.8 Å². The van der Waals surface area contributed by atoms with Gasteiger partial charge in [0.05, 0.1) is 34.7 Å². The number of Topliss-reactive ketones (excluding diaryl/α,β-unsaturated/α-hetero) is 1. The van der Waals surface area contributed by atoms with E-state index in [-0.39, 0.29) is 31.2 Å². The van der Waals surface area contributed by atoms with Crippen LogP contribution in [0.25, 0.3) is 0 Å². The summed E-state index contributed by atoms with van der Waals surface area (Å²) >= 11 is 0. The molecule has 0 radical (unpaired) electrons. The minimum atomic E-state index is -3.62. The first kappa shape index (κ1) is 46.1. The lowest BCUT2D eigenvalue weighted by molar-refractivity contribution is -0.142. The van der Waals surface area contributed by atoms with Crippen molar-refractivity contribution in [1.29, 1.82) is 0 Å². The minimum Gasteiger partial charge on any atom is -0.444 e. The first-order valence-electron chi connectivity index (χ1n) is 21.1. The second-order valence-corrected chi connectivity index (χ2v) is 21.8. The maximum absolute atomic E-state index is 14.8. The number of carbonyl (C=O) groups excluding carboxylic acids is 5. The van der Waals surface area contributed by atoms with E-state index in [4.69, 9.17) is 4.74 Å². The summed E-state index contributed by atoms with van der Waals surface area (Å²) < 4.78 is 31.9. The van der Waals surface area contributed by atoms with Crippen molar-refractivity contribution in [1.82, 2.24) is 31.1 Å². The van der Waals surface area contributed by atoms with Gasteiger partial charge >= 0.3 is 12.1 Å². The van der Waals surface area contributed by atoms with Crippen molar-refractivity contribution in [3.63, 3.8) is 0 Å². The molecule has 2 heterocycles.